The Morgan fingerprint density at radius 2 is 1.06 bits per heavy atom. The van der Waals surface area contributed by atoms with Crippen molar-refractivity contribution >= 4 is 37.9 Å². The van der Waals surface area contributed by atoms with Crippen LogP contribution in [0, 0.1) is 59.3 Å². The zero-order valence-corrected chi connectivity index (χ0v) is 43.6. The topological polar surface area (TPSA) is 84.8 Å². The number of aromatic hydroxyl groups is 1. The zero-order chi connectivity index (χ0) is 46.9. The first-order chi connectivity index (χ1) is 31.7. The van der Waals surface area contributed by atoms with E-state index in [-0.39, 0.29) is 41.6 Å². The van der Waals surface area contributed by atoms with Crippen LogP contribution in [0.3, 0.4) is 0 Å². The number of phenolic OH excluding ortho intramolecular Hbond substituents is 1. The number of fused-ring (bicyclic) bond motifs is 3. The van der Waals surface area contributed by atoms with Crippen molar-refractivity contribution in [2.75, 3.05) is 0 Å². The second-order valence-electron chi connectivity index (χ2n) is 18.8. The molecule has 0 bridgehead atoms. The third kappa shape index (κ3) is 7.99. The third-order valence-electron chi connectivity index (χ3n) is 14.7. The summed E-state index contributed by atoms with van der Waals surface area (Å²) in [7, 11) is 9.32. The van der Waals surface area contributed by atoms with E-state index in [2.05, 4.69) is 149 Å². The molecule has 8 nitrogen and oxygen atoms in total. The normalized spacial score (nSPS) is 23.0. The molecule has 6 aromatic rings. The van der Waals surface area contributed by atoms with Gasteiger partial charge in [-0.15, -0.1) is 0 Å². The van der Waals surface area contributed by atoms with Gasteiger partial charge in [-0.1, -0.05) is 75.4 Å². The molecule has 1 N–H and O–H groups in total. The van der Waals surface area contributed by atoms with Gasteiger partial charge in [-0.3, -0.25) is 0 Å². The van der Waals surface area contributed by atoms with Crippen LogP contribution in [0.4, 0.5) is 0 Å². The van der Waals surface area contributed by atoms with Gasteiger partial charge in [-0.2, -0.15) is 0 Å². The SMILES string of the molecule is Cc1ccc(C2Oc3c(C4c5c(C)cc(O)c(C6c7c(OP)cc(OP)cc7OC(c7ccc(OP)c(OP)c7)C6C)c5OC(c5ccc(C)c(C)c5)C4C)ccc(C)c3CC2C)cc1C. The molecule has 3 aliphatic rings. The van der Waals surface area contributed by atoms with Gasteiger partial charge in [-0.25, -0.2) is 0 Å². The van der Waals surface area contributed by atoms with Crippen LogP contribution in [0.5, 0.6) is 46.0 Å². The number of hydrogen-bond acceptors (Lipinski definition) is 8. The molecule has 66 heavy (non-hydrogen) atoms. The Balaban J connectivity index is 1.30. The molecule has 3 heterocycles. The Bertz CT molecular complexity index is 2860. The number of benzene rings is 6. The van der Waals surface area contributed by atoms with Crippen molar-refractivity contribution in [2.45, 2.75) is 98.9 Å². The predicted molar refractivity (Wildman–Crippen MR) is 275 cm³/mol. The van der Waals surface area contributed by atoms with Crippen LogP contribution in [-0.4, -0.2) is 5.11 Å². The molecule has 0 aromatic heterocycles. The van der Waals surface area contributed by atoms with Gasteiger partial charge < -0.3 is 37.4 Å². The van der Waals surface area contributed by atoms with Crippen molar-refractivity contribution in [2.24, 2.45) is 17.8 Å². The molecule has 12 atom stereocenters. The smallest absolute Gasteiger partial charge is 0.165 e. The van der Waals surface area contributed by atoms with Crippen LogP contribution < -0.4 is 32.3 Å². The van der Waals surface area contributed by atoms with Gasteiger partial charge in [0, 0.05) is 64.0 Å². The maximum Gasteiger partial charge on any atom is 0.165 e. The second kappa shape index (κ2) is 18.5. The molecule has 3 aliphatic heterocycles. The van der Waals surface area contributed by atoms with Crippen molar-refractivity contribution < 1.29 is 37.4 Å². The van der Waals surface area contributed by atoms with Gasteiger partial charge in [0.1, 0.15) is 52.8 Å². The van der Waals surface area contributed by atoms with E-state index in [1.54, 1.807) is 0 Å². The van der Waals surface area contributed by atoms with Crippen molar-refractivity contribution in [3.63, 3.8) is 0 Å². The third-order valence-corrected chi connectivity index (χ3v) is 15.8. The Hall–Kier alpha value is -4.56. The minimum absolute atomic E-state index is 0.0480. The summed E-state index contributed by atoms with van der Waals surface area (Å²) < 4.78 is 45.0. The highest BCUT2D eigenvalue weighted by Gasteiger charge is 2.48. The minimum Gasteiger partial charge on any atom is -0.507 e. The first-order valence-electron chi connectivity index (χ1n) is 22.6. The van der Waals surface area contributed by atoms with Crippen LogP contribution in [0.15, 0.2) is 84.9 Å². The number of aryl methyl sites for hydroxylation is 6. The van der Waals surface area contributed by atoms with Crippen molar-refractivity contribution in [3.05, 3.63) is 163 Å². The molecule has 12 unspecified atom stereocenters. The average molecular weight is 961 g/mol. The fourth-order valence-corrected chi connectivity index (χ4v) is 11.6. The fraction of sp³-hybridized carbons (Fsp3) is 0.333. The van der Waals surface area contributed by atoms with Gasteiger partial charge in [-0.05, 0) is 122 Å². The highest BCUT2D eigenvalue weighted by Crippen LogP contribution is 2.62. The molecule has 0 fully saturated rings. The molecule has 12 heteroatoms. The van der Waals surface area contributed by atoms with Crippen LogP contribution in [0.25, 0.3) is 0 Å². The molecule has 0 saturated heterocycles. The van der Waals surface area contributed by atoms with Crippen LogP contribution >= 0.6 is 37.9 Å². The second-order valence-corrected chi connectivity index (χ2v) is 19.8. The molecule has 0 amide bonds. The summed E-state index contributed by atoms with van der Waals surface area (Å²) in [6.07, 6.45) is -0.120. The summed E-state index contributed by atoms with van der Waals surface area (Å²) >= 11 is 0. The lowest BCUT2D eigenvalue weighted by molar-refractivity contribution is 0.0920. The largest absolute Gasteiger partial charge is 0.507 e. The fourth-order valence-electron chi connectivity index (χ4n) is 10.9. The quantitative estimate of drug-likeness (QED) is 0.144. The molecule has 344 valence electrons. The highest BCUT2D eigenvalue weighted by atomic mass is 31.0. The van der Waals surface area contributed by atoms with Gasteiger partial charge >= 0.3 is 0 Å². The molecule has 0 radical (unpaired) electrons. The Morgan fingerprint density at radius 3 is 1.70 bits per heavy atom. The molecule has 0 aliphatic carbocycles. The van der Waals surface area contributed by atoms with Gasteiger partial charge in [0.25, 0.3) is 0 Å². The molecular formula is C54H60O8P4. The van der Waals surface area contributed by atoms with Crippen molar-refractivity contribution in [1.29, 1.82) is 0 Å². The monoisotopic (exact) mass is 960 g/mol. The lowest BCUT2D eigenvalue weighted by atomic mass is 9.68. The maximum atomic E-state index is 12.7. The maximum absolute atomic E-state index is 12.7. The summed E-state index contributed by atoms with van der Waals surface area (Å²) in [4.78, 5) is 0. The number of rotatable bonds is 9. The van der Waals surface area contributed by atoms with Gasteiger partial charge in [0.2, 0.25) is 0 Å². The summed E-state index contributed by atoms with van der Waals surface area (Å²) in [5.41, 5.74) is 15.1. The van der Waals surface area contributed by atoms with Gasteiger partial charge in [0.15, 0.2) is 11.5 Å². The molecule has 9 rings (SSSR count). The number of hydrogen-bond donors (Lipinski definition) is 1. The van der Waals surface area contributed by atoms with E-state index in [1.807, 2.05) is 36.4 Å². The number of phenols is 1. The van der Waals surface area contributed by atoms with E-state index in [0.29, 0.717) is 40.1 Å². The zero-order valence-electron chi connectivity index (χ0n) is 39.0. The van der Waals surface area contributed by atoms with Crippen molar-refractivity contribution in [3.8, 4) is 46.0 Å². The summed E-state index contributed by atoms with van der Waals surface area (Å²) in [5, 5.41) is 12.7. The lowest BCUT2D eigenvalue weighted by Gasteiger charge is -2.45. The summed E-state index contributed by atoms with van der Waals surface area (Å²) in [5.74, 6) is 3.74. The first-order valence-corrected chi connectivity index (χ1v) is 24.5. The van der Waals surface area contributed by atoms with E-state index < -0.39 is 12.0 Å². The van der Waals surface area contributed by atoms with E-state index in [4.69, 9.17) is 32.3 Å². The van der Waals surface area contributed by atoms with Crippen LogP contribution in [-0.2, 0) is 6.42 Å². The van der Waals surface area contributed by atoms with E-state index >= 15 is 0 Å². The summed E-state index contributed by atoms with van der Waals surface area (Å²) in [6.45, 7) is 19.7. The number of ether oxygens (including phenoxy) is 3. The molecule has 6 aromatic carbocycles. The van der Waals surface area contributed by atoms with Crippen LogP contribution in [0.2, 0.25) is 0 Å². The minimum atomic E-state index is -0.510. The van der Waals surface area contributed by atoms with E-state index in [1.165, 1.54) is 38.9 Å². The Kier molecular flexibility index (Phi) is 13.0. The van der Waals surface area contributed by atoms with E-state index in [0.717, 1.165) is 45.6 Å². The van der Waals surface area contributed by atoms with Gasteiger partial charge in [0.05, 0.1) is 37.9 Å². The van der Waals surface area contributed by atoms with Crippen LogP contribution in [0.1, 0.15) is 129 Å². The standard InChI is InChI=1S/C54H60O8P4/c1-25-10-13-34(18-28(25)4)50-31(7)20-39-27(3)12-16-38(53(39)57-50)46-32(8)52(35-14-11-26(2)29(5)19-35)58-54-45(46)30(6)21-40(55)48(54)47-33(9)51(36-15-17-41(60-64)42(22-36)61-65)56-43-23-37(59-63)24-44(62-66)49(43)47/h10-19,21-24,31-33,46-47,50-52,55H,20,63-66H2,1-9H3. The Labute approximate surface area is 399 Å². The lowest BCUT2D eigenvalue weighted by Crippen LogP contribution is -2.34. The molecule has 0 spiro atoms. The predicted octanol–water partition coefficient (Wildman–Crippen LogP) is 14.0. The Morgan fingerprint density at radius 1 is 0.485 bits per heavy atom. The molecular weight excluding hydrogens is 900 g/mol. The van der Waals surface area contributed by atoms with E-state index in [9.17, 15) is 5.11 Å². The van der Waals surface area contributed by atoms with Crippen molar-refractivity contribution in [1.82, 2.24) is 0 Å². The first kappa shape index (κ1) is 46.5. The highest BCUT2D eigenvalue weighted by molar-refractivity contribution is 7.11. The summed E-state index contributed by atoms with van der Waals surface area (Å²) in [6, 6.07) is 29.3. The average Bonchev–Trinajstić information content (AvgIpc) is 3.31. The molecule has 0 saturated carbocycles.